The van der Waals surface area contributed by atoms with Gasteiger partial charge in [0.1, 0.15) is 0 Å². The van der Waals surface area contributed by atoms with Gasteiger partial charge in [0, 0.05) is 49.5 Å². The van der Waals surface area contributed by atoms with E-state index in [-0.39, 0.29) is 11.8 Å². The van der Waals surface area contributed by atoms with Crippen molar-refractivity contribution in [3.63, 3.8) is 0 Å². The molecule has 2 heterocycles. The molecule has 0 unspecified atom stereocenters. The number of aryl methyl sites for hydroxylation is 1. The molecule has 0 spiro atoms. The number of nitrogens with zero attached hydrogens (tertiary/aromatic N) is 3. The Balaban J connectivity index is 1.40. The molecule has 2 aliphatic heterocycles. The van der Waals surface area contributed by atoms with E-state index in [1.54, 1.807) is 6.07 Å². The van der Waals surface area contributed by atoms with Gasteiger partial charge in [-0.1, -0.05) is 17.7 Å². The van der Waals surface area contributed by atoms with Crippen LogP contribution >= 0.6 is 11.6 Å². The number of piperazine rings is 1. The Morgan fingerprint density at radius 1 is 1.07 bits per heavy atom. The van der Waals surface area contributed by atoms with Gasteiger partial charge in [-0.25, -0.2) is 0 Å². The van der Waals surface area contributed by atoms with E-state index < -0.39 is 0 Å². The minimum absolute atomic E-state index is 0.0356. The quantitative estimate of drug-likeness (QED) is 0.816. The fourth-order valence-corrected chi connectivity index (χ4v) is 4.11. The molecule has 6 nitrogen and oxygen atoms in total. The zero-order valence-corrected chi connectivity index (χ0v) is 17.7. The van der Waals surface area contributed by atoms with Gasteiger partial charge in [-0.15, -0.1) is 0 Å². The van der Waals surface area contributed by atoms with Crippen LogP contribution in [-0.2, 0) is 9.59 Å². The van der Waals surface area contributed by atoms with Gasteiger partial charge in [0.2, 0.25) is 11.8 Å². The second kappa shape index (κ2) is 9.72. The van der Waals surface area contributed by atoms with E-state index in [0.29, 0.717) is 24.2 Å². The lowest BCUT2D eigenvalue weighted by Gasteiger charge is -2.37. The first kappa shape index (κ1) is 21.1. The summed E-state index contributed by atoms with van der Waals surface area (Å²) in [5, 5.41) is 3.56. The zero-order chi connectivity index (χ0) is 20.1. The van der Waals surface area contributed by atoms with Gasteiger partial charge in [-0.05, 0) is 50.8 Å². The van der Waals surface area contributed by atoms with Crippen LogP contribution in [0.2, 0.25) is 5.02 Å². The smallest absolute Gasteiger partial charge is 0.238 e. The predicted molar refractivity (Wildman–Crippen MR) is 113 cm³/mol. The van der Waals surface area contributed by atoms with Crippen molar-refractivity contribution in [1.29, 1.82) is 0 Å². The van der Waals surface area contributed by atoms with Crippen LogP contribution < -0.4 is 5.32 Å². The molecule has 1 N–H and O–H groups in total. The Morgan fingerprint density at radius 3 is 2.39 bits per heavy atom. The van der Waals surface area contributed by atoms with Crippen LogP contribution in [0.5, 0.6) is 0 Å². The van der Waals surface area contributed by atoms with Gasteiger partial charge in [0.05, 0.1) is 13.1 Å². The fraction of sp³-hybridized carbons (Fsp3) is 0.619. The lowest BCUT2D eigenvalue weighted by atomic mass is 10.0. The summed E-state index contributed by atoms with van der Waals surface area (Å²) in [5.41, 5.74) is 1.71. The topological polar surface area (TPSA) is 55.9 Å². The molecule has 1 atom stereocenters. The normalized spacial score (nSPS) is 21.5. The lowest BCUT2D eigenvalue weighted by molar-refractivity contribution is -0.136. The van der Waals surface area contributed by atoms with E-state index in [0.717, 1.165) is 56.8 Å². The Bertz CT molecular complexity index is 704. The third-order valence-electron chi connectivity index (χ3n) is 5.77. The molecule has 0 radical (unpaired) electrons. The van der Waals surface area contributed by atoms with Crippen molar-refractivity contribution >= 4 is 29.1 Å². The summed E-state index contributed by atoms with van der Waals surface area (Å²) in [6.45, 7) is 9.05. The van der Waals surface area contributed by atoms with Gasteiger partial charge in [0.25, 0.3) is 0 Å². The van der Waals surface area contributed by atoms with E-state index in [9.17, 15) is 9.59 Å². The van der Waals surface area contributed by atoms with Crippen molar-refractivity contribution in [1.82, 2.24) is 14.7 Å². The average molecular weight is 407 g/mol. The molecule has 0 aliphatic carbocycles. The minimum atomic E-state index is -0.0356. The molecule has 7 heteroatoms. The number of carbonyl (C=O) groups excluding carboxylic acids is 2. The lowest BCUT2D eigenvalue weighted by Crippen LogP contribution is -2.53. The number of benzene rings is 1. The maximum atomic E-state index is 12.6. The summed E-state index contributed by atoms with van der Waals surface area (Å²) in [5.74, 6) is 0.209. The number of hydrogen-bond acceptors (Lipinski definition) is 4. The first-order chi connectivity index (χ1) is 13.4. The Labute approximate surface area is 172 Å². The van der Waals surface area contributed by atoms with Crippen LogP contribution in [-0.4, -0.2) is 78.4 Å². The maximum Gasteiger partial charge on any atom is 0.238 e. The molecular formula is C21H31ClN4O2. The number of rotatable bonds is 5. The molecule has 2 aliphatic rings. The van der Waals surface area contributed by atoms with Gasteiger partial charge >= 0.3 is 0 Å². The fourth-order valence-electron chi connectivity index (χ4n) is 3.93. The van der Waals surface area contributed by atoms with Crippen molar-refractivity contribution in [3.05, 3.63) is 28.8 Å². The number of halogens is 1. The molecule has 2 fully saturated rings. The monoisotopic (exact) mass is 406 g/mol. The molecule has 0 bridgehead atoms. The third kappa shape index (κ3) is 5.69. The van der Waals surface area contributed by atoms with Crippen LogP contribution in [0, 0.1) is 6.92 Å². The summed E-state index contributed by atoms with van der Waals surface area (Å²) in [6.07, 6.45) is 3.45. The third-order valence-corrected chi connectivity index (χ3v) is 6.18. The van der Waals surface area contributed by atoms with Crippen molar-refractivity contribution in [3.8, 4) is 0 Å². The van der Waals surface area contributed by atoms with Crippen LogP contribution in [0.1, 0.15) is 31.7 Å². The van der Waals surface area contributed by atoms with Crippen LogP contribution in [0.25, 0.3) is 0 Å². The molecule has 0 aromatic heterocycles. The summed E-state index contributed by atoms with van der Waals surface area (Å²) in [4.78, 5) is 31.3. The van der Waals surface area contributed by atoms with Gasteiger partial charge in [0.15, 0.2) is 0 Å². The number of likely N-dealkylation sites (tertiary alicyclic amines) is 1. The first-order valence-corrected chi connectivity index (χ1v) is 10.6. The number of carbonyl (C=O) groups is 2. The Morgan fingerprint density at radius 2 is 1.75 bits per heavy atom. The average Bonchev–Trinajstić information content (AvgIpc) is 2.66. The summed E-state index contributed by atoms with van der Waals surface area (Å²) >= 11 is 6.11. The second-order valence-corrected chi connectivity index (χ2v) is 8.40. The van der Waals surface area contributed by atoms with Crippen LogP contribution in [0.3, 0.4) is 0 Å². The zero-order valence-electron chi connectivity index (χ0n) is 16.9. The predicted octanol–water partition coefficient (Wildman–Crippen LogP) is 2.61. The standard InChI is InChI=1S/C21H31ClN4O2/c1-16-6-7-18(13-19(16)22)23-20(27)14-24-9-11-25(12-10-24)15-21(28)26-8-4-3-5-17(26)2/h6-7,13,17H,3-5,8-12,14-15H2,1-2H3,(H,23,27)/t17-/m0/s1. The van der Waals surface area contributed by atoms with E-state index in [4.69, 9.17) is 11.6 Å². The summed E-state index contributed by atoms with van der Waals surface area (Å²) in [6, 6.07) is 5.91. The first-order valence-electron chi connectivity index (χ1n) is 10.2. The van der Waals surface area contributed by atoms with E-state index in [1.807, 2.05) is 24.0 Å². The van der Waals surface area contributed by atoms with Gasteiger partial charge in [-0.2, -0.15) is 0 Å². The molecule has 3 rings (SSSR count). The van der Waals surface area contributed by atoms with Crippen LogP contribution in [0.4, 0.5) is 5.69 Å². The molecule has 28 heavy (non-hydrogen) atoms. The molecule has 2 saturated heterocycles. The van der Waals surface area contributed by atoms with Crippen molar-refractivity contribution < 1.29 is 9.59 Å². The SMILES string of the molecule is Cc1ccc(NC(=O)CN2CCN(CC(=O)N3CCCC[C@@H]3C)CC2)cc1Cl. The van der Waals surface area contributed by atoms with Crippen molar-refractivity contribution in [2.45, 2.75) is 39.2 Å². The number of amides is 2. The highest BCUT2D eigenvalue weighted by Crippen LogP contribution is 2.20. The van der Waals surface area contributed by atoms with Crippen LogP contribution in [0.15, 0.2) is 18.2 Å². The molecule has 154 valence electrons. The number of nitrogens with one attached hydrogen (secondary N) is 1. The second-order valence-electron chi connectivity index (χ2n) is 8.00. The number of anilines is 1. The van der Waals surface area contributed by atoms with Gasteiger partial charge < -0.3 is 10.2 Å². The molecule has 2 amide bonds. The van der Waals surface area contributed by atoms with E-state index in [2.05, 4.69) is 22.0 Å². The molecular weight excluding hydrogens is 376 g/mol. The van der Waals surface area contributed by atoms with Crippen molar-refractivity contribution in [2.24, 2.45) is 0 Å². The minimum Gasteiger partial charge on any atom is -0.339 e. The highest BCUT2D eigenvalue weighted by atomic mass is 35.5. The molecule has 1 aromatic carbocycles. The summed E-state index contributed by atoms with van der Waals surface area (Å²) < 4.78 is 0. The maximum absolute atomic E-state index is 12.6. The van der Waals surface area contributed by atoms with Gasteiger partial charge in [-0.3, -0.25) is 19.4 Å². The van der Waals surface area contributed by atoms with Crippen molar-refractivity contribution in [2.75, 3.05) is 51.1 Å². The highest BCUT2D eigenvalue weighted by Gasteiger charge is 2.26. The van der Waals surface area contributed by atoms with E-state index in [1.165, 1.54) is 6.42 Å². The number of piperidine rings is 1. The number of hydrogen-bond donors (Lipinski definition) is 1. The molecule has 0 saturated carbocycles. The highest BCUT2D eigenvalue weighted by molar-refractivity contribution is 6.31. The van der Waals surface area contributed by atoms with E-state index >= 15 is 0 Å². The largest absolute Gasteiger partial charge is 0.339 e. The molecule has 1 aromatic rings. The Hall–Kier alpha value is -1.63. The Kier molecular flexibility index (Phi) is 7.32. The summed E-state index contributed by atoms with van der Waals surface area (Å²) in [7, 11) is 0.